The van der Waals surface area contributed by atoms with E-state index < -0.39 is 0 Å². The molecule has 1 N–H and O–H groups in total. The number of hydrogen-bond donors (Lipinski definition) is 1. The van der Waals surface area contributed by atoms with Crippen molar-refractivity contribution in [1.82, 2.24) is 19.6 Å². The second-order valence-corrected chi connectivity index (χ2v) is 8.64. The molecule has 154 valence electrons. The predicted octanol–water partition coefficient (Wildman–Crippen LogP) is 4.52. The molecular formula is C22H23N5O2S. The Bertz CT molecular complexity index is 1180. The number of hydrogen-bond acceptors (Lipinski definition) is 6. The molecule has 0 fully saturated rings. The van der Waals surface area contributed by atoms with Gasteiger partial charge >= 0.3 is 0 Å². The molecule has 0 bridgehead atoms. The summed E-state index contributed by atoms with van der Waals surface area (Å²) < 4.78 is 7.84. The molecule has 8 heteroatoms. The number of fused-ring (bicyclic) bond motifs is 1. The van der Waals surface area contributed by atoms with Crippen LogP contribution >= 0.6 is 11.3 Å². The summed E-state index contributed by atoms with van der Waals surface area (Å²) in [5.74, 6) is 0.858. The molecule has 4 rings (SSSR count). The molecule has 30 heavy (non-hydrogen) atoms. The van der Waals surface area contributed by atoms with Crippen LogP contribution < -0.4 is 10.1 Å². The monoisotopic (exact) mass is 421 g/mol. The molecule has 0 aliphatic carbocycles. The number of amides is 1. The van der Waals surface area contributed by atoms with Gasteiger partial charge in [-0.15, -0.1) is 10.2 Å². The van der Waals surface area contributed by atoms with Gasteiger partial charge in [0.15, 0.2) is 0 Å². The van der Waals surface area contributed by atoms with Crippen molar-refractivity contribution in [1.29, 1.82) is 0 Å². The van der Waals surface area contributed by atoms with Gasteiger partial charge in [-0.25, -0.2) is 4.98 Å². The zero-order chi connectivity index (χ0) is 21.1. The molecule has 0 atom stereocenters. The van der Waals surface area contributed by atoms with Crippen LogP contribution in [-0.4, -0.2) is 25.5 Å². The van der Waals surface area contributed by atoms with Gasteiger partial charge in [0.1, 0.15) is 23.0 Å². The smallest absolute Gasteiger partial charge is 0.257 e. The van der Waals surface area contributed by atoms with Crippen LogP contribution in [0.2, 0.25) is 0 Å². The summed E-state index contributed by atoms with van der Waals surface area (Å²) >= 11 is 1.40. The lowest BCUT2D eigenvalue weighted by atomic mass is 10.1. The van der Waals surface area contributed by atoms with Crippen LogP contribution in [0.15, 0.2) is 48.8 Å². The molecule has 1 aromatic carbocycles. The van der Waals surface area contributed by atoms with Crippen molar-refractivity contribution in [3.63, 3.8) is 0 Å². The first kappa shape index (κ1) is 20.0. The van der Waals surface area contributed by atoms with Gasteiger partial charge in [-0.05, 0) is 42.7 Å². The zero-order valence-electron chi connectivity index (χ0n) is 17.1. The minimum atomic E-state index is -0.240. The maximum atomic E-state index is 12.6. The summed E-state index contributed by atoms with van der Waals surface area (Å²) in [4.78, 5) is 17.1. The van der Waals surface area contributed by atoms with Crippen LogP contribution in [0.25, 0.3) is 5.65 Å². The van der Waals surface area contributed by atoms with E-state index in [1.165, 1.54) is 11.3 Å². The summed E-state index contributed by atoms with van der Waals surface area (Å²) in [5.41, 5.74) is 3.36. The SMILES string of the molecule is Cc1ccc2nc(COc3cccc(C(=O)Nc4nnc(CC(C)C)s4)c3)cn2c1. The van der Waals surface area contributed by atoms with Gasteiger partial charge in [0.2, 0.25) is 5.13 Å². The van der Waals surface area contributed by atoms with Crippen molar-refractivity contribution in [3.05, 3.63) is 70.6 Å². The van der Waals surface area contributed by atoms with Crippen LogP contribution in [0, 0.1) is 12.8 Å². The number of aromatic nitrogens is 4. The molecule has 3 heterocycles. The van der Waals surface area contributed by atoms with E-state index in [4.69, 9.17) is 4.74 Å². The Balaban J connectivity index is 1.40. The molecule has 1 amide bonds. The van der Waals surface area contributed by atoms with Crippen molar-refractivity contribution >= 4 is 28.0 Å². The number of ether oxygens (including phenoxy) is 1. The number of pyridine rings is 1. The van der Waals surface area contributed by atoms with Crippen molar-refractivity contribution in [2.75, 3.05) is 5.32 Å². The first-order valence-corrected chi connectivity index (χ1v) is 10.6. The minimum absolute atomic E-state index is 0.240. The van der Waals surface area contributed by atoms with E-state index in [9.17, 15) is 4.79 Å². The van der Waals surface area contributed by atoms with Gasteiger partial charge in [0.05, 0.1) is 5.69 Å². The fraction of sp³-hybridized carbons (Fsp3) is 0.273. The predicted molar refractivity (Wildman–Crippen MR) is 117 cm³/mol. The topological polar surface area (TPSA) is 81.4 Å². The zero-order valence-corrected chi connectivity index (χ0v) is 17.9. The third-order valence-corrected chi connectivity index (χ3v) is 5.26. The second-order valence-electron chi connectivity index (χ2n) is 7.57. The summed E-state index contributed by atoms with van der Waals surface area (Å²) in [6, 6.07) is 11.1. The lowest BCUT2D eigenvalue weighted by Crippen LogP contribution is -2.11. The van der Waals surface area contributed by atoms with Gasteiger partial charge in [0.25, 0.3) is 5.91 Å². The highest BCUT2D eigenvalue weighted by atomic mass is 32.1. The molecule has 0 aliphatic rings. The third-order valence-electron chi connectivity index (χ3n) is 4.40. The van der Waals surface area contributed by atoms with Crippen LogP contribution in [0.1, 0.15) is 40.5 Å². The normalized spacial score (nSPS) is 11.2. The molecule has 3 aromatic heterocycles. The van der Waals surface area contributed by atoms with E-state index in [0.717, 1.165) is 28.3 Å². The second kappa shape index (κ2) is 8.62. The van der Waals surface area contributed by atoms with Gasteiger partial charge in [0, 0.05) is 24.4 Å². The van der Waals surface area contributed by atoms with Crippen LogP contribution in [-0.2, 0) is 13.0 Å². The maximum absolute atomic E-state index is 12.6. The lowest BCUT2D eigenvalue weighted by molar-refractivity contribution is 0.102. The Hall–Kier alpha value is -3.26. The first-order chi connectivity index (χ1) is 14.5. The van der Waals surface area contributed by atoms with E-state index in [1.807, 2.05) is 41.9 Å². The maximum Gasteiger partial charge on any atom is 0.257 e. The van der Waals surface area contributed by atoms with Crippen LogP contribution in [0.3, 0.4) is 0 Å². The van der Waals surface area contributed by atoms with Crippen molar-refractivity contribution in [2.45, 2.75) is 33.8 Å². The summed E-state index contributed by atoms with van der Waals surface area (Å²) in [6.45, 7) is 6.61. The number of nitrogens with zero attached hydrogens (tertiary/aromatic N) is 4. The Morgan fingerprint density at radius 1 is 1.20 bits per heavy atom. The molecular weight excluding hydrogens is 398 g/mol. The van der Waals surface area contributed by atoms with Crippen LogP contribution in [0.4, 0.5) is 5.13 Å². The third kappa shape index (κ3) is 4.83. The average molecular weight is 422 g/mol. The van der Waals surface area contributed by atoms with Crippen molar-refractivity contribution < 1.29 is 9.53 Å². The van der Waals surface area contributed by atoms with Gasteiger partial charge in [-0.2, -0.15) is 0 Å². The highest BCUT2D eigenvalue weighted by Crippen LogP contribution is 2.21. The van der Waals surface area contributed by atoms with Crippen molar-refractivity contribution in [3.8, 4) is 5.75 Å². The highest BCUT2D eigenvalue weighted by molar-refractivity contribution is 7.15. The highest BCUT2D eigenvalue weighted by Gasteiger charge is 2.12. The summed E-state index contributed by atoms with van der Waals surface area (Å²) in [5, 5.41) is 12.4. The molecule has 0 saturated heterocycles. The van der Waals surface area contributed by atoms with Gasteiger partial charge < -0.3 is 9.14 Å². The number of rotatable bonds is 7. The fourth-order valence-electron chi connectivity index (χ4n) is 3.01. The van der Waals surface area contributed by atoms with Gasteiger partial charge in [-0.1, -0.05) is 37.3 Å². The number of imidazole rings is 1. The summed E-state index contributed by atoms with van der Waals surface area (Å²) in [7, 11) is 0. The number of aryl methyl sites for hydroxylation is 1. The van der Waals surface area contributed by atoms with Gasteiger partial charge in [-0.3, -0.25) is 10.1 Å². The molecule has 0 saturated carbocycles. The Morgan fingerprint density at radius 3 is 2.90 bits per heavy atom. The number of anilines is 1. The van der Waals surface area contributed by atoms with E-state index in [-0.39, 0.29) is 5.91 Å². The summed E-state index contributed by atoms with van der Waals surface area (Å²) in [6.07, 6.45) is 4.82. The minimum Gasteiger partial charge on any atom is -0.487 e. The average Bonchev–Trinajstić information content (AvgIpc) is 3.32. The lowest BCUT2D eigenvalue weighted by Gasteiger charge is -2.06. The number of carbonyl (C=O) groups is 1. The molecule has 0 unspecified atom stereocenters. The Labute approximate surface area is 178 Å². The van der Waals surface area contributed by atoms with Crippen molar-refractivity contribution in [2.24, 2.45) is 5.92 Å². The van der Waals surface area contributed by atoms with E-state index in [1.54, 1.807) is 18.2 Å². The Morgan fingerprint density at radius 2 is 2.07 bits per heavy atom. The first-order valence-electron chi connectivity index (χ1n) is 9.77. The standard InChI is InChI=1S/C22H23N5O2S/c1-14(2)9-20-25-26-22(30-20)24-21(28)16-5-4-6-18(10-16)29-13-17-12-27-11-15(3)7-8-19(27)23-17/h4-8,10-12,14H,9,13H2,1-3H3,(H,24,26,28). The molecule has 0 aliphatic heterocycles. The van der Waals surface area contributed by atoms with Crippen LogP contribution in [0.5, 0.6) is 5.75 Å². The molecule has 4 aromatic rings. The van der Waals surface area contributed by atoms with E-state index in [0.29, 0.717) is 29.0 Å². The number of benzene rings is 1. The van der Waals surface area contributed by atoms with E-state index in [2.05, 4.69) is 34.3 Å². The fourth-order valence-corrected chi connectivity index (χ4v) is 3.96. The molecule has 7 nitrogen and oxygen atoms in total. The number of nitrogens with one attached hydrogen (secondary N) is 1. The van der Waals surface area contributed by atoms with E-state index >= 15 is 0 Å². The largest absolute Gasteiger partial charge is 0.487 e. The quantitative estimate of drug-likeness (QED) is 0.474. The molecule has 0 radical (unpaired) electrons. The number of carbonyl (C=O) groups excluding carboxylic acids is 1. The Kier molecular flexibility index (Phi) is 5.76. The molecule has 0 spiro atoms.